The van der Waals surface area contributed by atoms with Crippen LogP contribution in [0.5, 0.6) is 0 Å². The molecule has 6 nitrogen and oxygen atoms in total. The first kappa shape index (κ1) is 16.0. The molecule has 4 rings (SSSR count). The molecule has 0 bridgehead atoms. The van der Waals surface area contributed by atoms with Gasteiger partial charge in [0.1, 0.15) is 11.5 Å². The lowest BCUT2D eigenvalue weighted by atomic mass is 10.0. The Kier molecular flexibility index (Phi) is 4.20. The van der Waals surface area contributed by atoms with E-state index in [0.717, 1.165) is 27.3 Å². The van der Waals surface area contributed by atoms with E-state index in [-0.39, 0.29) is 0 Å². The van der Waals surface area contributed by atoms with Gasteiger partial charge in [-0.2, -0.15) is 0 Å². The summed E-state index contributed by atoms with van der Waals surface area (Å²) < 4.78 is 0. The molecule has 26 heavy (non-hydrogen) atoms. The second-order valence-electron chi connectivity index (χ2n) is 5.59. The predicted molar refractivity (Wildman–Crippen MR) is 105 cm³/mol. The van der Waals surface area contributed by atoms with Crippen LogP contribution in [-0.2, 0) is 4.79 Å². The molecular formula is C19H15N5OS. The lowest BCUT2D eigenvalue weighted by molar-refractivity contribution is -0.112. The maximum absolute atomic E-state index is 11.9. The maximum Gasteiger partial charge on any atom is 0.249 e. The van der Waals surface area contributed by atoms with E-state index in [1.54, 1.807) is 12.3 Å². The average molecular weight is 361 g/mol. The smallest absolute Gasteiger partial charge is 0.249 e. The lowest BCUT2D eigenvalue weighted by Crippen LogP contribution is -2.12. The van der Waals surface area contributed by atoms with Crippen molar-refractivity contribution in [3.63, 3.8) is 0 Å². The molecule has 7 heteroatoms. The molecule has 0 atom stereocenters. The summed E-state index contributed by atoms with van der Waals surface area (Å²) >= 11 is 1.50. The third kappa shape index (κ3) is 3.20. The molecule has 0 aliphatic heterocycles. The zero-order chi connectivity index (χ0) is 17.9. The van der Waals surface area contributed by atoms with Crippen LogP contribution < -0.4 is 11.1 Å². The minimum absolute atomic E-state index is 0.455. The van der Waals surface area contributed by atoms with Crippen LogP contribution in [0.3, 0.4) is 0 Å². The normalized spacial score (nSPS) is 11.6. The van der Waals surface area contributed by atoms with Crippen LogP contribution in [0.4, 0.5) is 10.9 Å². The standard InChI is InChI=1S/C19H15N5OS/c20-17(25)15(12-4-2-1-3-5-12)10-13-11-22-18-14(13)6-7-16(23-18)24-19-21-8-9-26-19/h1-11H,(H2,20,25)(H2,21,22,23,24). The molecule has 0 saturated carbocycles. The number of thiazole rings is 1. The molecule has 0 radical (unpaired) electrons. The first-order chi connectivity index (χ1) is 12.7. The Labute approximate surface area is 153 Å². The second-order valence-corrected chi connectivity index (χ2v) is 6.48. The topological polar surface area (TPSA) is 96.7 Å². The predicted octanol–water partition coefficient (Wildman–Crippen LogP) is 3.79. The molecular weight excluding hydrogens is 346 g/mol. The fourth-order valence-corrected chi connectivity index (χ4v) is 3.22. The Balaban J connectivity index is 1.71. The molecule has 3 heterocycles. The molecule has 4 N–H and O–H groups in total. The summed E-state index contributed by atoms with van der Waals surface area (Å²) in [6.07, 6.45) is 5.33. The zero-order valence-corrected chi connectivity index (χ0v) is 14.5. The van der Waals surface area contributed by atoms with Crippen molar-refractivity contribution in [3.8, 4) is 0 Å². The summed E-state index contributed by atoms with van der Waals surface area (Å²) in [4.78, 5) is 23.8. The molecule has 0 spiro atoms. The van der Waals surface area contributed by atoms with Crippen LogP contribution in [0.15, 0.2) is 60.2 Å². The molecule has 1 amide bonds. The summed E-state index contributed by atoms with van der Waals surface area (Å²) in [5, 5.41) is 6.74. The Bertz CT molecular complexity index is 1080. The van der Waals surface area contributed by atoms with Crippen molar-refractivity contribution in [3.05, 3.63) is 71.4 Å². The number of nitrogens with one attached hydrogen (secondary N) is 2. The van der Waals surface area contributed by atoms with Gasteiger partial charge in [0.15, 0.2) is 5.13 Å². The molecule has 0 aliphatic rings. The quantitative estimate of drug-likeness (QED) is 0.471. The van der Waals surface area contributed by atoms with Crippen molar-refractivity contribution in [2.75, 3.05) is 5.32 Å². The van der Waals surface area contributed by atoms with Gasteiger partial charge in [-0.3, -0.25) is 4.79 Å². The molecule has 0 saturated heterocycles. The van der Waals surface area contributed by atoms with E-state index in [1.165, 1.54) is 11.3 Å². The van der Waals surface area contributed by atoms with E-state index in [2.05, 4.69) is 20.3 Å². The van der Waals surface area contributed by atoms with E-state index in [0.29, 0.717) is 11.4 Å². The van der Waals surface area contributed by atoms with Crippen LogP contribution in [0.1, 0.15) is 11.1 Å². The van der Waals surface area contributed by atoms with Crippen molar-refractivity contribution < 1.29 is 4.79 Å². The fourth-order valence-electron chi connectivity index (χ4n) is 2.68. The number of aromatic nitrogens is 3. The number of amides is 1. The van der Waals surface area contributed by atoms with Crippen molar-refractivity contribution in [1.82, 2.24) is 15.0 Å². The van der Waals surface area contributed by atoms with E-state index in [4.69, 9.17) is 5.73 Å². The van der Waals surface area contributed by atoms with Crippen molar-refractivity contribution in [2.24, 2.45) is 5.73 Å². The van der Waals surface area contributed by atoms with E-state index in [9.17, 15) is 4.79 Å². The number of aromatic amines is 1. The highest BCUT2D eigenvalue weighted by molar-refractivity contribution is 7.13. The average Bonchev–Trinajstić information content (AvgIpc) is 3.30. The Hall–Kier alpha value is -3.45. The van der Waals surface area contributed by atoms with Crippen molar-refractivity contribution in [1.29, 1.82) is 0 Å². The number of fused-ring (bicyclic) bond motifs is 1. The summed E-state index contributed by atoms with van der Waals surface area (Å²) in [7, 11) is 0. The Morgan fingerprint density at radius 1 is 1.19 bits per heavy atom. The molecule has 128 valence electrons. The van der Waals surface area contributed by atoms with Crippen LogP contribution >= 0.6 is 11.3 Å². The minimum Gasteiger partial charge on any atom is -0.366 e. The Morgan fingerprint density at radius 3 is 2.77 bits per heavy atom. The largest absolute Gasteiger partial charge is 0.366 e. The highest BCUT2D eigenvalue weighted by atomic mass is 32.1. The number of primary amides is 1. The first-order valence-electron chi connectivity index (χ1n) is 7.92. The number of benzene rings is 1. The van der Waals surface area contributed by atoms with Crippen LogP contribution in [0, 0.1) is 0 Å². The van der Waals surface area contributed by atoms with Crippen LogP contribution in [0.2, 0.25) is 0 Å². The number of carbonyl (C=O) groups excluding carboxylic acids is 1. The zero-order valence-electron chi connectivity index (χ0n) is 13.6. The molecule has 1 aromatic carbocycles. The van der Waals surface area contributed by atoms with Gasteiger partial charge in [0.05, 0.1) is 0 Å². The number of hydrogen-bond acceptors (Lipinski definition) is 5. The van der Waals surface area contributed by atoms with E-state index < -0.39 is 5.91 Å². The van der Waals surface area contributed by atoms with Gasteiger partial charge >= 0.3 is 0 Å². The number of rotatable bonds is 5. The van der Waals surface area contributed by atoms with Gasteiger partial charge < -0.3 is 16.0 Å². The van der Waals surface area contributed by atoms with Crippen LogP contribution in [-0.4, -0.2) is 20.9 Å². The molecule has 0 aliphatic carbocycles. The molecule has 0 fully saturated rings. The number of H-pyrrole nitrogens is 1. The number of pyridine rings is 1. The number of anilines is 2. The fraction of sp³-hybridized carbons (Fsp3) is 0. The summed E-state index contributed by atoms with van der Waals surface area (Å²) in [5.74, 6) is 0.226. The van der Waals surface area contributed by atoms with E-state index >= 15 is 0 Å². The minimum atomic E-state index is -0.472. The van der Waals surface area contributed by atoms with Gasteiger partial charge in [-0.25, -0.2) is 9.97 Å². The lowest BCUT2D eigenvalue weighted by Gasteiger charge is -2.04. The van der Waals surface area contributed by atoms with Gasteiger partial charge in [0.25, 0.3) is 0 Å². The second kappa shape index (κ2) is 6.81. The van der Waals surface area contributed by atoms with E-state index in [1.807, 2.05) is 54.0 Å². The van der Waals surface area contributed by atoms with Gasteiger partial charge in [0.2, 0.25) is 5.91 Å². The number of nitrogens with zero attached hydrogens (tertiary/aromatic N) is 2. The Morgan fingerprint density at radius 2 is 2.04 bits per heavy atom. The number of carbonyl (C=O) groups is 1. The van der Waals surface area contributed by atoms with Gasteiger partial charge in [0, 0.05) is 34.3 Å². The molecule has 3 aromatic heterocycles. The SMILES string of the molecule is NC(=O)C(=Cc1c[nH]c2nc(Nc3nccs3)ccc12)c1ccccc1. The summed E-state index contributed by atoms with van der Waals surface area (Å²) in [6.45, 7) is 0. The number of hydrogen-bond donors (Lipinski definition) is 3. The first-order valence-corrected chi connectivity index (χ1v) is 8.80. The molecule has 4 aromatic rings. The van der Waals surface area contributed by atoms with Gasteiger partial charge in [-0.05, 0) is 23.8 Å². The monoisotopic (exact) mass is 361 g/mol. The highest BCUT2D eigenvalue weighted by Crippen LogP contribution is 2.25. The van der Waals surface area contributed by atoms with Crippen molar-refractivity contribution in [2.45, 2.75) is 0 Å². The maximum atomic E-state index is 11.9. The van der Waals surface area contributed by atoms with Gasteiger partial charge in [-0.15, -0.1) is 11.3 Å². The number of nitrogens with two attached hydrogens (primary N) is 1. The highest BCUT2D eigenvalue weighted by Gasteiger charge is 2.11. The molecule has 0 unspecified atom stereocenters. The third-order valence-electron chi connectivity index (χ3n) is 3.89. The third-order valence-corrected chi connectivity index (χ3v) is 4.58. The van der Waals surface area contributed by atoms with Crippen LogP contribution in [0.25, 0.3) is 22.7 Å². The van der Waals surface area contributed by atoms with Crippen molar-refractivity contribution >= 4 is 50.9 Å². The summed E-state index contributed by atoms with van der Waals surface area (Å²) in [6, 6.07) is 13.2. The summed E-state index contributed by atoms with van der Waals surface area (Å²) in [5.41, 5.74) is 8.39. The van der Waals surface area contributed by atoms with Gasteiger partial charge in [-0.1, -0.05) is 30.3 Å².